The smallest absolute Gasteiger partial charge is 0.355 e. The van der Waals surface area contributed by atoms with E-state index in [1.165, 1.54) is 6.07 Å². The SMILES string of the molecule is Cc1nccc(N2C[C@@H]3C[C@H](C2)c2ccc(C(=O)NCC(F)(F)F)c(=O)n2C3)n1. The first-order valence-corrected chi connectivity index (χ1v) is 9.34. The molecule has 0 radical (unpaired) electrons. The van der Waals surface area contributed by atoms with Gasteiger partial charge in [-0.15, -0.1) is 0 Å². The maximum Gasteiger partial charge on any atom is 0.405 e. The summed E-state index contributed by atoms with van der Waals surface area (Å²) in [6.45, 7) is 2.17. The largest absolute Gasteiger partial charge is 0.405 e. The van der Waals surface area contributed by atoms with E-state index in [4.69, 9.17) is 0 Å². The van der Waals surface area contributed by atoms with Crippen molar-refractivity contribution >= 4 is 11.7 Å². The molecule has 2 aliphatic heterocycles. The lowest BCUT2D eigenvalue weighted by atomic mass is 9.83. The Balaban J connectivity index is 1.58. The summed E-state index contributed by atoms with van der Waals surface area (Å²) >= 11 is 0. The molecule has 4 heterocycles. The van der Waals surface area contributed by atoms with Gasteiger partial charge in [-0.2, -0.15) is 13.2 Å². The fourth-order valence-electron chi connectivity index (χ4n) is 4.20. The number of alkyl halides is 3. The normalized spacial score (nSPS) is 20.9. The maximum absolute atomic E-state index is 12.8. The zero-order valence-corrected chi connectivity index (χ0v) is 15.7. The molecule has 0 aromatic carbocycles. The number of aryl methyl sites for hydroxylation is 1. The van der Waals surface area contributed by atoms with E-state index < -0.39 is 24.2 Å². The standard InChI is InChI=1S/C19H20F3N5O2/c1-11-23-5-4-16(25-11)26-7-12-6-13(9-26)15-3-2-14(18(29)27(15)8-12)17(28)24-10-19(20,21)22/h2-5,12-13H,6-10H2,1H3,(H,24,28)/t12-,13+/m0/s1. The molecule has 1 fully saturated rings. The predicted octanol–water partition coefficient (Wildman–Crippen LogP) is 1.86. The molecular weight excluding hydrogens is 387 g/mol. The van der Waals surface area contributed by atoms with Crippen molar-refractivity contribution in [3.63, 3.8) is 0 Å². The molecule has 7 nitrogen and oxygen atoms in total. The number of pyridine rings is 1. The lowest BCUT2D eigenvalue weighted by molar-refractivity contribution is -0.123. The van der Waals surface area contributed by atoms with Gasteiger partial charge in [0.15, 0.2) is 0 Å². The van der Waals surface area contributed by atoms with Crippen LogP contribution in [0.15, 0.2) is 29.2 Å². The van der Waals surface area contributed by atoms with E-state index >= 15 is 0 Å². The van der Waals surface area contributed by atoms with E-state index in [2.05, 4.69) is 14.9 Å². The quantitative estimate of drug-likeness (QED) is 0.840. The highest BCUT2D eigenvalue weighted by Gasteiger charge is 2.36. The number of hydrogen-bond acceptors (Lipinski definition) is 5. The van der Waals surface area contributed by atoms with Crippen molar-refractivity contribution in [3.8, 4) is 0 Å². The first-order chi connectivity index (χ1) is 13.7. The van der Waals surface area contributed by atoms with Crippen molar-refractivity contribution in [1.82, 2.24) is 19.9 Å². The molecule has 2 bridgehead atoms. The summed E-state index contributed by atoms with van der Waals surface area (Å²) in [6, 6.07) is 4.86. The summed E-state index contributed by atoms with van der Waals surface area (Å²) < 4.78 is 38.6. The van der Waals surface area contributed by atoms with Gasteiger partial charge < -0.3 is 14.8 Å². The third-order valence-corrected chi connectivity index (χ3v) is 5.38. The second-order valence-electron chi connectivity index (χ2n) is 7.55. The van der Waals surface area contributed by atoms with Gasteiger partial charge in [0.25, 0.3) is 11.5 Å². The molecule has 2 atom stereocenters. The summed E-state index contributed by atoms with van der Waals surface area (Å²) in [5.74, 6) is 0.785. The highest BCUT2D eigenvalue weighted by atomic mass is 19.4. The average molecular weight is 407 g/mol. The number of aromatic nitrogens is 3. The zero-order chi connectivity index (χ0) is 20.8. The van der Waals surface area contributed by atoms with Gasteiger partial charge in [0.1, 0.15) is 23.8 Å². The monoisotopic (exact) mass is 407 g/mol. The fourth-order valence-corrected chi connectivity index (χ4v) is 4.20. The van der Waals surface area contributed by atoms with Crippen LogP contribution in [0.3, 0.4) is 0 Å². The number of nitrogens with zero attached hydrogens (tertiary/aromatic N) is 4. The number of piperidine rings is 1. The van der Waals surface area contributed by atoms with Crippen LogP contribution >= 0.6 is 0 Å². The van der Waals surface area contributed by atoms with Gasteiger partial charge in [-0.3, -0.25) is 9.59 Å². The Morgan fingerprint density at radius 1 is 1.24 bits per heavy atom. The Kier molecular flexibility index (Phi) is 4.79. The lowest BCUT2D eigenvalue weighted by Gasteiger charge is -2.43. The second-order valence-corrected chi connectivity index (χ2v) is 7.55. The van der Waals surface area contributed by atoms with E-state index in [1.54, 1.807) is 22.1 Å². The molecular formula is C19H20F3N5O2. The number of amides is 1. The third-order valence-electron chi connectivity index (χ3n) is 5.38. The van der Waals surface area contributed by atoms with Crippen molar-refractivity contribution in [2.75, 3.05) is 24.5 Å². The van der Waals surface area contributed by atoms with Crippen LogP contribution in [-0.4, -0.2) is 46.3 Å². The van der Waals surface area contributed by atoms with Crippen LogP contribution < -0.4 is 15.8 Å². The highest BCUT2D eigenvalue weighted by Crippen LogP contribution is 2.36. The van der Waals surface area contributed by atoms with Crippen molar-refractivity contribution in [2.45, 2.75) is 32.0 Å². The number of carbonyl (C=O) groups is 1. The molecule has 1 N–H and O–H groups in total. The summed E-state index contributed by atoms with van der Waals surface area (Å²) in [5.41, 5.74) is -0.00133. The average Bonchev–Trinajstić information content (AvgIpc) is 2.66. The molecule has 4 rings (SSSR count). The fraction of sp³-hybridized carbons (Fsp3) is 0.474. The molecule has 2 aliphatic rings. The predicted molar refractivity (Wildman–Crippen MR) is 98.9 cm³/mol. The Labute approximate surface area is 164 Å². The molecule has 2 aromatic rings. The van der Waals surface area contributed by atoms with Gasteiger partial charge >= 0.3 is 6.18 Å². The highest BCUT2D eigenvalue weighted by molar-refractivity contribution is 5.93. The number of halogens is 3. The molecule has 0 spiro atoms. The van der Waals surface area contributed by atoms with Crippen molar-refractivity contribution in [2.24, 2.45) is 5.92 Å². The number of fused-ring (bicyclic) bond motifs is 4. The summed E-state index contributed by atoms with van der Waals surface area (Å²) in [4.78, 5) is 35.6. The summed E-state index contributed by atoms with van der Waals surface area (Å²) in [7, 11) is 0. The molecule has 0 aliphatic carbocycles. The Morgan fingerprint density at radius 3 is 2.76 bits per heavy atom. The summed E-state index contributed by atoms with van der Waals surface area (Å²) in [6.07, 6.45) is -1.90. The molecule has 154 valence electrons. The number of hydrogen-bond donors (Lipinski definition) is 1. The van der Waals surface area contributed by atoms with Crippen LogP contribution in [0.2, 0.25) is 0 Å². The van der Waals surface area contributed by atoms with Crippen LogP contribution in [0.4, 0.5) is 19.0 Å². The minimum absolute atomic E-state index is 0.0813. The van der Waals surface area contributed by atoms with Crippen molar-refractivity contribution in [3.05, 3.63) is 51.8 Å². The zero-order valence-electron chi connectivity index (χ0n) is 15.7. The molecule has 29 heavy (non-hydrogen) atoms. The van der Waals surface area contributed by atoms with Gasteiger partial charge in [0.05, 0.1) is 0 Å². The van der Waals surface area contributed by atoms with Gasteiger partial charge in [-0.05, 0) is 37.5 Å². The first-order valence-electron chi connectivity index (χ1n) is 9.34. The molecule has 0 unspecified atom stereocenters. The Morgan fingerprint density at radius 2 is 2.03 bits per heavy atom. The van der Waals surface area contributed by atoms with Gasteiger partial charge in [0, 0.05) is 37.4 Å². The van der Waals surface area contributed by atoms with Crippen molar-refractivity contribution < 1.29 is 18.0 Å². The number of nitrogens with one attached hydrogen (secondary N) is 1. The topological polar surface area (TPSA) is 80.1 Å². The van der Waals surface area contributed by atoms with Gasteiger partial charge in [0.2, 0.25) is 0 Å². The van der Waals surface area contributed by atoms with Crippen molar-refractivity contribution in [1.29, 1.82) is 0 Å². The van der Waals surface area contributed by atoms with Crippen LogP contribution in [0, 0.1) is 12.8 Å². The lowest BCUT2D eigenvalue weighted by Crippen LogP contribution is -2.48. The van der Waals surface area contributed by atoms with Crippen LogP contribution in [0.1, 0.15) is 34.2 Å². The Bertz CT molecular complexity index is 1000. The minimum Gasteiger partial charge on any atom is -0.355 e. The molecule has 10 heteroatoms. The van der Waals surface area contributed by atoms with E-state index in [1.807, 2.05) is 13.0 Å². The molecule has 1 amide bonds. The first kappa shape index (κ1) is 19.4. The van der Waals surface area contributed by atoms with E-state index in [-0.39, 0.29) is 17.4 Å². The van der Waals surface area contributed by atoms with E-state index in [0.717, 1.165) is 17.9 Å². The number of anilines is 1. The van der Waals surface area contributed by atoms with Gasteiger partial charge in [-0.1, -0.05) is 0 Å². The maximum atomic E-state index is 12.8. The number of carbonyl (C=O) groups excluding carboxylic acids is 1. The molecule has 2 aromatic heterocycles. The van der Waals surface area contributed by atoms with E-state index in [9.17, 15) is 22.8 Å². The van der Waals surface area contributed by atoms with Gasteiger partial charge in [-0.25, -0.2) is 9.97 Å². The van der Waals surface area contributed by atoms with Crippen LogP contribution in [-0.2, 0) is 6.54 Å². The molecule has 1 saturated heterocycles. The minimum atomic E-state index is -4.53. The third kappa shape index (κ3) is 3.96. The summed E-state index contributed by atoms with van der Waals surface area (Å²) in [5, 5.41) is 1.77. The van der Waals surface area contributed by atoms with Crippen LogP contribution in [0.5, 0.6) is 0 Å². The van der Waals surface area contributed by atoms with E-state index in [0.29, 0.717) is 25.5 Å². The number of rotatable bonds is 3. The van der Waals surface area contributed by atoms with Crippen LogP contribution in [0.25, 0.3) is 0 Å². The second kappa shape index (κ2) is 7.16. The molecule has 0 saturated carbocycles. The Hall–Kier alpha value is -2.91.